The Hall–Kier alpha value is -2.51. The van der Waals surface area contributed by atoms with E-state index in [2.05, 4.69) is 15.3 Å². The van der Waals surface area contributed by atoms with Crippen molar-refractivity contribution in [3.63, 3.8) is 0 Å². The Bertz CT molecular complexity index is 572. The lowest BCUT2D eigenvalue weighted by Gasteiger charge is -2.06. The van der Waals surface area contributed by atoms with Gasteiger partial charge >= 0.3 is 5.69 Å². The third kappa shape index (κ3) is 2.42. The fraction of sp³-hybridized carbons (Fsp3) is 0.100. The monoisotopic (exact) mass is 254 g/mol. The molecule has 0 aliphatic rings. The predicted octanol–water partition coefficient (Wildman–Crippen LogP) is 2.21. The normalized spacial score (nSPS) is 10.3. The van der Waals surface area contributed by atoms with Crippen molar-refractivity contribution < 1.29 is 13.7 Å². The third-order valence-electron chi connectivity index (χ3n) is 2.23. The van der Waals surface area contributed by atoms with Crippen LogP contribution in [0.4, 0.5) is 20.2 Å². The summed E-state index contributed by atoms with van der Waals surface area (Å²) in [5.41, 5.74) is -0.933. The van der Waals surface area contributed by atoms with Gasteiger partial charge in [-0.25, -0.2) is 9.37 Å². The molecule has 94 valence electrons. The van der Waals surface area contributed by atoms with Crippen LogP contribution in [-0.4, -0.2) is 14.9 Å². The van der Waals surface area contributed by atoms with Crippen LogP contribution in [0, 0.1) is 21.7 Å². The second kappa shape index (κ2) is 4.78. The molecule has 2 aromatic rings. The molecule has 0 saturated heterocycles. The van der Waals surface area contributed by atoms with Gasteiger partial charge in [0.05, 0.1) is 17.2 Å². The molecular formula is C10H8F2N4O2. The van der Waals surface area contributed by atoms with Crippen LogP contribution in [0.2, 0.25) is 0 Å². The molecule has 1 aromatic carbocycles. The summed E-state index contributed by atoms with van der Waals surface area (Å²) in [5, 5.41) is 13.1. The van der Waals surface area contributed by atoms with Gasteiger partial charge in [-0.3, -0.25) is 10.1 Å². The van der Waals surface area contributed by atoms with Gasteiger partial charge in [0.15, 0.2) is 0 Å². The fourth-order valence-corrected chi connectivity index (χ4v) is 1.39. The van der Waals surface area contributed by atoms with Crippen LogP contribution in [0.1, 0.15) is 5.82 Å². The molecule has 1 aromatic heterocycles. The SMILES string of the molecule is O=[N+]([O-])c1cc(NCc2ncc[nH]2)c(F)cc1F. The average Bonchev–Trinajstić information content (AvgIpc) is 2.80. The van der Waals surface area contributed by atoms with E-state index >= 15 is 0 Å². The van der Waals surface area contributed by atoms with E-state index in [4.69, 9.17) is 0 Å². The molecule has 0 amide bonds. The molecule has 0 spiro atoms. The van der Waals surface area contributed by atoms with E-state index in [0.717, 1.165) is 6.07 Å². The number of hydrogen-bond donors (Lipinski definition) is 2. The van der Waals surface area contributed by atoms with Crippen molar-refractivity contribution in [3.05, 3.63) is 52.1 Å². The smallest absolute Gasteiger partial charge is 0.307 e. The van der Waals surface area contributed by atoms with Gasteiger partial charge in [-0.05, 0) is 0 Å². The highest BCUT2D eigenvalue weighted by Crippen LogP contribution is 2.25. The topological polar surface area (TPSA) is 83.8 Å². The maximum atomic E-state index is 13.4. The van der Waals surface area contributed by atoms with Crippen molar-refractivity contribution in [1.82, 2.24) is 9.97 Å². The lowest BCUT2D eigenvalue weighted by atomic mass is 10.2. The van der Waals surface area contributed by atoms with Crippen molar-refractivity contribution in [2.75, 3.05) is 5.32 Å². The molecule has 18 heavy (non-hydrogen) atoms. The summed E-state index contributed by atoms with van der Waals surface area (Å²) in [4.78, 5) is 16.3. The fourth-order valence-electron chi connectivity index (χ4n) is 1.39. The molecule has 2 N–H and O–H groups in total. The number of nitrogens with zero attached hydrogens (tertiary/aromatic N) is 2. The molecular weight excluding hydrogens is 246 g/mol. The van der Waals surface area contributed by atoms with E-state index in [1.165, 1.54) is 6.20 Å². The Kier molecular flexibility index (Phi) is 3.18. The molecule has 0 radical (unpaired) electrons. The van der Waals surface area contributed by atoms with Crippen LogP contribution < -0.4 is 5.32 Å². The Labute approximate surface area is 99.8 Å². The van der Waals surface area contributed by atoms with Crippen molar-refractivity contribution >= 4 is 11.4 Å². The van der Waals surface area contributed by atoms with Gasteiger partial charge in [-0.1, -0.05) is 0 Å². The number of benzene rings is 1. The summed E-state index contributed by atoms with van der Waals surface area (Å²) in [6.45, 7) is 0.146. The molecule has 0 bridgehead atoms. The van der Waals surface area contributed by atoms with Crippen LogP contribution in [-0.2, 0) is 6.54 Å². The standard InChI is InChI=1S/C10H8F2N4O2/c11-6-3-7(12)9(16(17)18)4-8(6)15-5-10-13-1-2-14-10/h1-4,15H,5H2,(H,13,14). The summed E-state index contributed by atoms with van der Waals surface area (Å²) in [7, 11) is 0. The zero-order valence-corrected chi connectivity index (χ0v) is 8.98. The number of nitro benzene ring substituents is 1. The van der Waals surface area contributed by atoms with Crippen LogP contribution in [0.5, 0.6) is 0 Å². The van der Waals surface area contributed by atoms with Crippen molar-refractivity contribution in [1.29, 1.82) is 0 Å². The van der Waals surface area contributed by atoms with E-state index in [1.54, 1.807) is 6.20 Å². The number of H-pyrrole nitrogens is 1. The minimum Gasteiger partial charge on any atom is -0.375 e. The summed E-state index contributed by atoms with van der Waals surface area (Å²) in [5.74, 6) is -1.58. The molecule has 0 unspecified atom stereocenters. The number of aromatic amines is 1. The first-order chi connectivity index (χ1) is 8.58. The lowest BCUT2D eigenvalue weighted by molar-refractivity contribution is -0.387. The Morgan fingerprint density at radius 2 is 2.17 bits per heavy atom. The first-order valence-electron chi connectivity index (χ1n) is 4.93. The number of rotatable bonds is 4. The number of nitro groups is 1. The molecule has 1 heterocycles. The molecule has 2 rings (SSSR count). The third-order valence-corrected chi connectivity index (χ3v) is 2.23. The Morgan fingerprint density at radius 1 is 1.39 bits per heavy atom. The summed E-state index contributed by atoms with van der Waals surface area (Å²) in [6, 6.07) is 1.29. The molecule has 6 nitrogen and oxygen atoms in total. The van der Waals surface area contributed by atoms with Gasteiger partial charge < -0.3 is 10.3 Å². The Balaban J connectivity index is 2.22. The van der Waals surface area contributed by atoms with E-state index in [9.17, 15) is 18.9 Å². The zero-order chi connectivity index (χ0) is 13.1. The summed E-state index contributed by atoms with van der Waals surface area (Å²) >= 11 is 0. The maximum Gasteiger partial charge on any atom is 0.307 e. The second-order valence-corrected chi connectivity index (χ2v) is 3.43. The van der Waals surface area contributed by atoms with Crippen LogP contribution in [0.3, 0.4) is 0 Å². The molecule has 8 heteroatoms. The summed E-state index contributed by atoms with van der Waals surface area (Å²) < 4.78 is 26.4. The van der Waals surface area contributed by atoms with Crippen molar-refractivity contribution in [3.8, 4) is 0 Å². The minimum absolute atomic E-state index is 0.146. The quantitative estimate of drug-likeness (QED) is 0.647. The van der Waals surface area contributed by atoms with Crippen LogP contribution in [0.25, 0.3) is 0 Å². The lowest BCUT2D eigenvalue weighted by Crippen LogP contribution is -2.04. The molecule has 0 aliphatic carbocycles. The van der Waals surface area contributed by atoms with Crippen LogP contribution >= 0.6 is 0 Å². The number of hydrogen-bond acceptors (Lipinski definition) is 4. The van der Waals surface area contributed by atoms with E-state index in [0.29, 0.717) is 11.9 Å². The van der Waals surface area contributed by atoms with Gasteiger partial charge in [-0.15, -0.1) is 0 Å². The Morgan fingerprint density at radius 3 is 2.78 bits per heavy atom. The van der Waals surface area contributed by atoms with Crippen molar-refractivity contribution in [2.24, 2.45) is 0 Å². The molecule has 0 saturated carbocycles. The highest BCUT2D eigenvalue weighted by molar-refractivity contribution is 5.53. The first kappa shape index (κ1) is 12.0. The summed E-state index contributed by atoms with van der Waals surface area (Å²) in [6.07, 6.45) is 3.10. The van der Waals surface area contributed by atoms with Crippen molar-refractivity contribution in [2.45, 2.75) is 6.54 Å². The van der Waals surface area contributed by atoms with E-state index in [1.807, 2.05) is 0 Å². The first-order valence-corrected chi connectivity index (χ1v) is 4.93. The van der Waals surface area contributed by atoms with E-state index in [-0.39, 0.29) is 12.2 Å². The molecule has 0 atom stereocenters. The number of halogens is 2. The van der Waals surface area contributed by atoms with Gasteiger partial charge in [0, 0.05) is 24.5 Å². The largest absolute Gasteiger partial charge is 0.375 e. The maximum absolute atomic E-state index is 13.4. The van der Waals surface area contributed by atoms with Gasteiger partial charge in [-0.2, -0.15) is 4.39 Å². The molecule has 0 fully saturated rings. The highest BCUT2D eigenvalue weighted by atomic mass is 19.1. The average molecular weight is 254 g/mol. The number of anilines is 1. The minimum atomic E-state index is -1.21. The zero-order valence-electron chi connectivity index (χ0n) is 8.98. The number of imidazole rings is 1. The van der Waals surface area contributed by atoms with Gasteiger partial charge in [0.2, 0.25) is 5.82 Å². The molecule has 0 aliphatic heterocycles. The van der Waals surface area contributed by atoms with Gasteiger partial charge in [0.1, 0.15) is 11.6 Å². The van der Waals surface area contributed by atoms with Crippen LogP contribution in [0.15, 0.2) is 24.5 Å². The van der Waals surface area contributed by atoms with E-state index < -0.39 is 22.2 Å². The van der Waals surface area contributed by atoms with Gasteiger partial charge in [0.25, 0.3) is 0 Å². The number of aromatic nitrogens is 2. The second-order valence-electron chi connectivity index (χ2n) is 3.43. The predicted molar refractivity (Wildman–Crippen MR) is 58.9 cm³/mol. The number of nitrogens with one attached hydrogen (secondary N) is 2. The highest BCUT2D eigenvalue weighted by Gasteiger charge is 2.18.